The zero-order valence-electron chi connectivity index (χ0n) is 35.1. The van der Waals surface area contributed by atoms with Crippen LogP contribution in [0.1, 0.15) is 162 Å². The molecule has 4 N–H and O–H groups in total. The summed E-state index contributed by atoms with van der Waals surface area (Å²) >= 11 is 0. The lowest BCUT2D eigenvalue weighted by Gasteiger charge is -2.41. The molecule has 1 rings (SSSR count). The molecule has 0 radical (unpaired) electrons. The van der Waals surface area contributed by atoms with Crippen LogP contribution in [0, 0.1) is 0 Å². The highest BCUT2D eigenvalue weighted by Gasteiger charge is 2.48. The highest BCUT2D eigenvalue weighted by atomic mass is 32.3. The number of rotatable bonds is 37. The van der Waals surface area contributed by atoms with Crippen molar-refractivity contribution in [3.05, 3.63) is 48.6 Å². The number of allylic oxidation sites excluding steroid dienone is 8. The van der Waals surface area contributed by atoms with Crippen molar-refractivity contribution in [1.29, 1.82) is 0 Å². The van der Waals surface area contributed by atoms with E-state index < -0.39 is 59.8 Å². The maximum atomic E-state index is 12.8. The van der Waals surface area contributed by atoms with Crippen LogP contribution < -0.4 is 0 Å². The molecule has 0 bridgehead atoms. The molecule has 0 saturated carbocycles. The number of hydrogen-bond donors (Lipinski definition) is 4. The van der Waals surface area contributed by atoms with Gasteiger partial charge in [0.2, 0.25) is 0 Å². The van der Waals surface area contributed by atoms with Gasteiger partial charge in [-0.2, -0.15) is 8.42 Å². The van der Waals surface area contributed by atoms with Gasteiger partial charge in [-0.05, 0) is 70.6 Å². The van der Waals surface area contributed by atoms with Gasteiger partial charge >= 0.3 is 16.4 Å². The Kier molecular flexibility index (Phi) is 33.5. The molecule has 6 atom stereocenters. The number of ether oxygens (including phenoxy) is 4. The minimum absolute atomic E-state index is 0.0265. The number of aliphatic hydroxyl groups excluding tert-OH is 3. The van der Waals surface area contributed by atoms with Crippen LogP contribution in [0.3, 0.4) is 0 Å². The first-order valence-corrected chi connectivity index (χ1v) is 23.3. The van der Waals surface area contributed by atoms with E-state index in [1.54, 1.807) is 0 Å². The monoisotopic (exact) mass is 831 g/mol. The largest absolute Gasteiger partial charge is 0.457 e. The minimum atomic E-state index is -5.06. The van der Waals surface area contributed by atoms with Crippen LogP contribution in [-0.4, -0.2) is 97.5 Å². The number of aliphatic hydroxyl groups is 3. The lowest BCUT2D eigenvalue weighted by Crippen LogP contribution is -2.60. The molecule has 13 heteroatoms. The predicted molar refractivity (Wildman–Crippen MR) is 225 cm³/mol. The van der Waals surface area contributed by atoms with Crippen molar-refractivity contribution in [2.45, 2.75) is 198 Å². The quantitative estimate of drug-likeness (QED) is 0.0203. The third kappa shape index (κ3) is 29.8. The molecule has 0 spiro atoms. The van der Waals surface area contributed by atoms with Crippen LogP contribution in [0.15, 0.2) is 48.6 Å². The van der Waals surface area contributed by atoms with Gasteiger partial charge in [-0.3, -0.25) is 9.35 Å². The summed E-state index contributed by atoms with van der Waals surface area (Å²) in [4.78, 5) is 12.8. The normalized spacial score (nSPS) is 21.1. The maximum Gasteiger partial charge on any atom is 0.397 e. The van der Waals surface area contributed by atoms with Crippen LogP contribution in [-0.2, 0) is 38.3 Å². The molecule has 1 saturated heterocycles. The third-order valence-electron chi connectivity index (χ3n) is 9.68. The fraction of sp³-hybridized carbons (Fsp3) is 0.795. The van der Waals surface area contributed by atoms with Crippen LogP contribution in [0.2, 0.25) is 0 Å². The topological polar surface area (TPSA) is 178 Å². The smallest absolute Gasteiger partial charge is 0.397 e. The van der Waals surface area contributed by atoms with Crippen molar-refractivity contribution in [3.63, 3.8) is 0 Å². The van der Waals surface area contributed by atoms with Crippen molar-refractivity contribution in [3.8, 4) is 0 Å². The third-order valence-corrected chi connectivity index (χ3v) is 10.2. The molecule has 0 aliphatic carbocycles. The Morgan fingerprint density at radius 1 is 0.684 bits per heavy atom. The first-order valence-electron chi connectivity index (χ1n) is 21.9. The van der Waals surface area contributed by atoms with Gasteiger partial charge in [-0.1, -0.05) is 133 Å². The molecule has 0 aromatic rings. The molecule has 332 valence electrons. The summed E-state index contributed by atoms with van der Waals surface area (Å²) in [6, 6.07) is 0. The minimum Gasteiger partial charge on any atom is -0.457 e. The summed E-state index contributed by atoms with van der Waals surface area (Å²) in [5.41, 5.74) is 0. The average molecular weight is 831 g/mol. The number of unbranched alkanes of at least 4 members (excludes halogenated alkanes) is 16. The molecule has 57 heavy (non-hydrogen) atoms. The zero-order chi connectivity index (χ0) is 41.8. The lowest BCUT2D eigenvalue weighted by molar-refractivity contribution is -0.301. The average Bonchev–Trinajstić information content (AvgIpc) is 3.18. The Balaban J connectivity index is 2.45. The van der Waals surface area contributed by atoms with Gasteiger partial charge in [0.15, 0.2) is 6.29 Å². The Hall–Kier alpha value is -1.94. The van der Waals surface area contributed by atoms with E-state index in [1.807, 2.05) is 0 Å². The highest BCUT2D eigenvalue weighted by molar-refractivity contribution is 7.80. The number of hydrogen-bond acceptors (Lipinski definition) is 11. The molecule has 1 heterocycles. The van der Waals surface area contributed by atoms with Crippen molar-refractivity contribution in [2.75, 3.05) is 26.4 Å². The molecule has 6 unspecified atom stereocenters. The molecule has 1 aliphatic rings. The van der Waals surface area contributed by atoms with E-state index in [2.05, 4.69) is 66.6 Å². The number of esters is 1. The second-order valence-electron chi connectivity index (χ2n) is 14.9. The van der Waals surface area contributed by atoms with Crippen LogP contribution >= 0.6 is 0 Å². The Bertz CT molecular complexity index is 1190. The SMILES string of the molecule is CC/C=C\C/C=C\C/C=C\CCCCCCCCCC(=O)OC(COCCCCCCCC/C=C\CCCCC)COC1OC(CO)C(O)C(OS(=O)(=O)O)C1O. The van der Waals surface area contributed by atoms with Gasteiger partial charge < -0.3 is 34.3 Å². The molecule has 12 nitrogen and oxygen atoms in total. The van der Waals surface area contributed by atoms with Crippen LogP contribution in [0.4, 0.5) is 0 Å². The van der Waals surface area contributed by atoms with E-state index in [9.17, 15) is 28.5 Å². The number of carbonyl (C=O) groups is 1. The van der Waals surface area contributed by atoms with E-state index in [0.29, 0.717) is 13.0 Å². The summed E-state index contributed by atoms with van der Waals surface area (Å²) in [6.07, 6.45) is 32.8. The molecule has 1 fully saturated rings. The lowest BCUT2D eigenvalue weighted by atomic mass is 9.99. The van der Waals surface area contributed by atoms with Crippen LogP contribution in [0.25, 0.3) is 0 Å². The zero-order valence-corrected chi connectivity index (χ0v) is 36.0. The van der Waals surface area contributed by atoms with Gasteiger partial charge in [-0.25, -0.2) is 4.18 Å². The summed E-state index contributed by atoms with van der Waals surface area (Å²) in [5, 5.41) is 30.6. The van der Waals surface area contributed by atoms with Crippen molar-refractivity contribution in [1.82, 2.24) is 0 Å². The van der Waals surface area contributed by atoms with Crippen molar-refractivity contribution in [2.24, 2.45) is 0 Å². The maximum absolute atomic E-state index is 12.8. The van der Waals surface area contributed by atoms with E-state index in [-0.39, 0.29) is 19.6 Å². The summed E-state index contributed by atoms with van der Waals surface area (Å²) in [7, 11) is -5.06. The van der Waals surface area contributed by atoms with Gasteiger partial charge in [0.25, 0.3) is 0 Å². The number of carbonyl (C=O) groups excluding carboxylic acids is 1. The van der Waals surface area contributed by atoms with Crippen molar-refractivity contribution < 1.29 is 56.2 Å². The fourth-order valence-corrected chi connectivity index (χ4v) is 6.89. The van der Waals surface area contributed by atoms with E-state index in [0.717, 1.165) is 77.0 Å². The standard InChI is InChI=1S/C44H78O12S/c1-3-5-7-9-11-13-15-17-18-19-20-21-23-25-27-29-31-33-40(46)54-38(36-52-34-32-30-28-26-24-22-16-14-12-10-8-6-4-2)37-53-44-42(48)43(56-57(49,50)51)41(47)39(35-45)55-44/h5,7,11-14,17-18,38-39,41-45,47-48H,3-4,6,8-10,15-16,19-37H2,1-2H3,(H,49,50,51)/b7-5-,13-11-,14-12-,18-17-. The second kappa shape index (κ2) is 36.0. The van der Waals surface area contributed by atoms with Gasteiger partial charge in [0, 0.05) is 13.0 Å². The van der Waals surface area contributed by atoms with Crippen LogP contribution in [0.5, 0.6) is 0 Å². The van der Waals surface area contributed by atoms with Gasteiger partial charge in [0.1, 0.15) is 30.5 Å². The first kappa shape index (κ1) is 53.1. The summed E-state index contributed by atoms with van der Waals surface area (Å²) in [5.74, 6) is -0.414. The van der Waals surface area contributed by atoms with E-state index in [4.69, 9.17) is 23.5 Å². The molecule has 1 aliphatic heterocycles. The Morgan fingerprint density at radius 2 is 1.21 bits per heavy atom. The molecular weight excluding hydrogens is 753 g/mol. The molecule has 0 aromatic carbocycles. The van der Waals surface area contributed by atoms with E-state index in [1.165, 1.54) is 57.8 Å². The fourth-order valence-electron chi connectivity index (χ4n) is 6.39. The van der Waals surface area contributed by atoms with E-state index >= 15 is 0 Å². The first-order chi connectivity index (χ1) is 27.6. The molecule has 0 aromatic heterocycles. The van der Waals surface area contributed by atoms with Crippen molar-refractivity contribution >= 4 is 16.4 Å². The second-order valence-corrected chi connectivity index (χ2v) is 15.9. The van der Waals surface area contributed by atoms with Gasteiger partial charge in [0.05, 0.1) is 19.8 Å². The Morgan fingerprint density at radius 3 is 1.79 bits per heavy atom. The predicted octanol–water partition coefficient (Wildman–Crippen LogP) is 8.80. The highest BCUT2D eigenvalue weighted by Crippen LogP contribution is 2.26. The van der Waals surface area contributed by atoms with Gasteiger partial charge in [-0.15, -0.1) is 0 Å². The molecular formula is C44H78O12S. The Labute approximate surface area is 345 Å². The summed E-state index contributed by atoms with van der Waals surface area (Å²) < 4.78 is 59.0. The summed E-state index contributed by atoms with van der Waals surface area (Å²) in [6.45, 7) is 3.82. The molecule has 0 amide bonds.